The first-order valence-corrected chi connectivity index (χ1v) is 9.38. The fraction of sp³-hybridized carbons (Fsp3) is 0.150. The van der Waals surface area contributed by atoms with Gasteiger partial charge in [-0.25, -0.2) is 4.98 Å². The minimum absolute atomic E-state index is 0.192. The van der Waals surface area contributed by atoms with Crippen LogP contribution in [-0.4, -0.2) is 22.4 Å². The Labute approximate surface area is 160 Å². The van der Waals surface area contributed by atoms with Crippen LogP contribution in [0.15, 0.2) is 48.4 Å². The normalized spacial score (nSPS) is 15.0. The number of aromatic nitrogens is 2. The van der Waals surface area contributed by atoms with Crippen molar-refractivity contribution in [1.29, 1.82) is 0 Å². The molecular formula is C20H18N4O2S. The molecule has 136 valence electrons. The molecule has 0 radical (unpaired) electrons. The first-order chi connectivity index (χ1) is 13.1. The number of nitrogens with zero attached hydrogens (tertiary/aromatic N) is 3. The number of anilines is 2. The number of pyridine rings is 1. The lowest BCUT2D eigenvalue weighted by molar-refractivity contribution is -0.117. The summed E-state index contributed by atoms with van der Waals surface area (Å²) < 4.78 is 5.89. The van der Waals surface area contributed by atoms with Gasteiger partial charge in [-0.2, -0.15) is 0 Å². The highest BCUT2D eigenvalue weighted by Crippen LogP contribution is 2.40. The van der Waals surface area contributed by atoms with Crippen molar-refractivity contribution in [2.24, 2.45) is 0 Å². The van der Waals surface area contributed by atoms with Crippen LogP contribution in [0.25, 0.3) is 17.3 Å². The average Bonchev–Trinajstić information content (AvgIpc) is 3.01. The molecule has 27 heavy (non-hydrogen) atoms. The third-order valence-corrected chi connectivity index (χ3v) is 5.10. The lowest BCUT2D eigenvalue weighted by Crippen LogP contribution is -2.37. The number of carbonyl (C=O) groups is 1. The van der Waals surface area contributed by atoms with E-state index in [9.17, 15) is 4.79 Å². The summed E-state index contributed by atoms with van der Waals surface area (Å²) in [4.78, 5) is 24.3. The van der Waals surface area contributed by atoms with E-state index >= 15 is 0 Å². The number of aryl methyl sites for hydroxylation is 1. The Balaban J connectivity index is 1.76. The maximum atomic E-state index is 12.9. The largest absolute Gasteiger partial charge is 0.449 e. The molecule has 1 aliphatic rings. The zero-order valence-corrected chi connectivity index (χ0v) is 15.8. The molecule has 7 heteroatoms. The van der Waals surface area contributed by atoms with Crippen LogP contribution in [0, 0.1) is 6.92 Å². The number of nitrogens with two attached hydrogens (primary N) is 1. The van der Waals surface area contributed by atoms with Crippen LogP contribution in [0.5, 0.6) is 5.75 Å². The van der Waals surface area contributed by atoms with Gasteiger partial charge in [-0.15, -0.1) is 11.3 Å². The van der Waals surface area contributed by atoms with Crippen LogP contribution in [0.2, 0.25) is 0 Å². The Hall–Kier alpha value is -3.19. The molecule has 0 unspecified atom stereocenters. The first kappa shape index (κ1) is 17.2. The zero-order chi connectivity index (χ0) is 19.0. The third kappa shape index (κ3) is 3.17. The summed E-state index contributed by atoms with van der Waals surface area (Å²) in [6, 6.07) is 11.2. The second-order valence-corrected chi connectivity index (χ2v) is 7.29. The predicted octanol–water partition coefficient (Wildman–Crippen LogP) is 3.88. The predicted molar refractivity (Wildman–Crippen MR) is 108 cm³/mol. The van der Waals surface area contributed by atoms with E-state index < -0.39 is 0 Å². The lowest BCUT2D eigenvalue weighted by atomic mass is 10.1. The monoisotopic (exact) mass is 378 g/mol. The molecule has 0 spiro atoms. The molecule has 0 bridgehead atoms. The standard InChI is InChI=1S/C20H18N4O2S/c1-3-24-15-10-13(18-12(2)27-20(21)23-18)7-8-16(15)26-17(19(24)25)11-14-6-4-5-9-22-14/h4-11H,3H2,1-2H3,(H2,21,23)/b17-11+. The zero-order valence-electron chi connectivity index (χ0n) is 15.0. The van der Waals surface area contributed by atoms with Gasteiger partial charge in [-0.1, -0.05) is 6.07 Å². The highest BCUT2D eigenvalue weighted by Gasteiger charge is 2.30. The number of hydrogen-bond acceptors (Lipinski definition) is 6. The van der Waals surface area contributed by atoms with Crippen LogP contribution in [0.3, 0.4) is 0 Å². The van der Waals surface area contributed by atoms with E-state index in [4.69, 9.17) is 10.5 Å². The van der Waals surface area contributed by atoms with Crippen molar-refractivity contribution in [1.82, 2.24) is 9.97 Å². The molecular weight excluding hydrogens is 360 g/mol. The Morgan fingerprint density at radius 1 is 1.30 bits per heavy atom. The second-order valence-electron chi connectivity index (χ2n) is 6.05. The van der Waals surface area contributed by atoms with Gasteiger partial charge >= 0.3 is 0 Å². The summed E-state index contributed by atoms with van der Waals surface area (Å²) in [6.45, 7) is 4.44. The van der Waals surface area contributed by atoms with Crippen LogP contribution in [-0.2, 0) is 4.79 Å². The number of likely N-dealkylation sites (N-methyl/N-ethyl adjacent to an activating group) is 1. The van der Waals surface area contributed by atoms with Crippen LogP contribution in [0.4, 0.5) is 10.8 Å². The SMILES string of the molecule is CCN1C(=O)/C(=C\c2ccccn2)Oc2ccc(-c3nc(N)sc3C)cc21. The van der Waals surface area contributed by atoms with E-state index in [1.807, 2.05) is 50.2 Å². The van der Waals surface area contributed by atoms with Gasteiger partial charge in [-0.05, 0) is 44.2 Å². The summed E-state index contributed by atoms with van der Waals surface area (Å²) in [5.41, 5.74) is 8.96. The van der Waals surface area contributed by atoms with Gasteiger partial charge in [0, 0.05) is 29.3 Å². The van der Waals surface area contributed by atoms with Gasteiger partial charge in [0.25, 0.3) is 5.91 Å². The summed E-state index contributed by atoms with van der Waals surface area (Å²) >= 11 is 1.45. The second kappa shape index (κ2) is 6.85. The number of benzene rings is 1. The van der Waals surface area contributed by atoms with Crippen LogP contribution in [0.1, 0.15) is 17.5 Å². The van der Waals surface area contributed by atoms with Crippen molar-refractivity contribution in [3.05, 3.63) is 58.9 Å². The third-order valence-electron chi connectivity index (χ3n) is 4.30. The van der Waals surface area contributed by atoms with Gasteiger partial charge in [0.05, 0.1) is 17.1 Å². The number of rotatable bonds is 3. The molecule has 1 amide bonds. The van der Waals surface area contributed by atoms with Crippen LogP contribution < -0.4 is 15.4 Å². The molecule has 0 saturated carbocycles. The Bertz CT molecular complexity index is 1040. The van der Waals surface area contributed by atoms with E-state index in [0.29, 0.717) is 23.1 Å². The molecule has 2 N–H and O–H groups in total. The minimum atomic E-state index is -0.192. The topological polar surface area (TPSA) is 81.3 Å². The van der Waals surface area contributed by atoms with Gasteiger partial charge in [0.1, 0.15) is 0 Å². The van der Waals surface area contributed by atoms with E-state index in [1.165, 1.54) is 11.3 Å². The van der Waals surface area contributed by atoms with Crippen molar-refractivity contribution < 1.29 is 9.53 Å². The molecule has 6 nitrogen and oxygen atoms in total. The van der Waals surface area contributed by atoms with Gasteiger partial charge in [0.2, 0.25) is 0 Å². The van der Waals surface area contributed by atoms with Gasteiger partial charge in [-0.3, -0.25) is 9.78 Å². The van der Waals surface area contributed by atoms with Crippen molar-refractivity contribution >= 4 is 34.1 Å². The maximum Gasteiger partial charge on any atom is 0.294 e. The minimum Gasteiger partial charge on any atom is -0.449 e. The molecule has 0 aliphatic carbocycles. The van der Waals surface area contributed by atoms with Crippen molar-refractivity contribution in [3.8, 4) is 17.0 Å². The van der Waals surface area contributed by atoms with Crippen molar-refractivity contribution in [2.45, 2.75) is 13.8 Å². The highest BCUT2D eigenvalue weighted by molar-refractivity contribution is 7.15. The lowest BCUT2D eigenvalue weighted by Gasteiger charge is -2.30. The smallest absolute Gasteiger partial charge is 0.294 e. The van der Waals surface area contributed by atoms with E-state index in [-0.39, 0.29) is 11.7 Å². The molecule has 2 aromatic heterocycles. The Morgan fingerprint density at radius 3 is 2.81 bits per heavy atom. The first-order valence-electron chi connectivity index (χ1n) is 8.56. The molecule has 1 aliphatic heterocycles. The van der Waals surface area contributed by atoms with Crippen LogP contribution >= 0.6 is 11.3 Å². The van der Waals surface area contributed by atoms with Gasteiger partial charge < -0.3 is 15.4 Å². The summed E-state index contributed by atoms with van der Waals surface area (Å²) in [7, 11) is 0. The quantitative estimate of drug-likeness (QED) is 0.700. The van der Waals surface area contributed by atoms with E-state index in [1.54, 1.807) is 17.2 Å². The van der Waals surface area contributed by atoms with Crippen molar-refractivity contribution in [3.63, 3.8) is 0 Å². The Kier molecular flexibility index (Phi) is 4.37. The number of fused-ring (bicyclic) bond motifs is 1. The fourth-order valence-electron chi connectivity index (χ4n) is 3.05. The molecule has 0 fully saturated rings. The summed E-state index contributed by atoms with van der Waals surface area (Å²) in [6.07, 6.45) is 3.34. The summed E-state index contributed by atoms with van der Waals surface area (Å²) in [5.74, 6) is 0.690. The number of hydrogen-bond donors (Lipinski definition) is 1. The number of thiazole rings is 1. The fourth-order valence-corrected chi connectivity index (χ4v) is 3.76. The number of carbonyl (C=O) groups excluding carboxylic acids is 1. The molecule has 3 heterocycles. The number of nitrogen functional groups attached to an aromatic ring is 1. The van der Waals surface area contributed by atoms with Crippen molar-refractivity contribution in [2.75, 3.05) is 17.2 Å². The highest BCUT2D eigenvalue weighted by atomic mass is 32.1. The maximum absolute atomic E-state index is 12.9. The van der Waals surface area contributed by atoms with E-state index in [0.717, 1.165) is 21.8 Å². The van der Waals surface area contributed by atoms with E-state index in [2.05, 4.69) is 9.97 Å². The number of amides is 1. The molecule has 0 atom stereocenters. The number of ether oxygens (including phenoxy) is 1. The molecule has 0 saturated heterocycles. The van der Waals surface area contributed by atoms with Gasteiger partial charge in [0.15, 0.2) is 16.6 Å². The average molecular weight is 378 g/mol. The summed E-state index contributed by atoms with van der Waals surface area (Å²) in [5, 5.41) is 0.528. The molecule has 3 aromatic rings. The Morgan fingerprint density at radius 2 is 2.15 bits per heavy atom. The molecule has 1 aromatic carbocycles. The molecule has 4 rings (SSSR count).